The number of carbonyl (C=O) groups is 1. The van der Waals surface area contributed by atoms with E-state index in [9.17, 15) is 4.79 Å². The van der Waals surface area contributed by atoms with Gasteiger partial charge in [-0.2, -0.15) is 0 Å². The number of methoxy groups -OCH3 is 1. The van der Waals surface area contributed by atoms with Crippen LogP contribution < -0.4 is 5.73 Å². The van der Waals surface area contributed by atoms with Crippen molar-refractivity contribution in [2.45, 2.75) is 39.2 Å². The van der Waals surface area contributed by atoms with E-state index in [1.165, 1.54) is 0 Å². The fourth-order valence-electron chi connectivity index (χ4n) is 1.71. The molecule has 14 heavy (non-hydrogen) atoms. The smallest absolute Gasteiger partial charge is 0.304 e. The van der Waals surface area contributed by atoms with Gasteiger partial charge in [-0.3, -0.25) is 4.79 Å². The maximum atomic E-state index is 10.8. The van der Waals surface area contributed by atoms with Crippen LogP contribution in [0, 0.1) is 5.41 Å². The second-order valence-electron chi connectivity index (χ2n) is 4.36. The van der Waals surface area contributed by atoms with Crippen molar-refractivity contribution >= 4 is 5.97 Å². The molecule has 0 aromatic carbocycles. The van der Waals surface area contributed by atoms with E-state index < -0.39 is 16.9 Å². The molecule has 0 saturated heterocycles. The highest BCUT2D eigenvalue weighted by Gasteiger charge is 2.42. The Kier molecular flexibility index (Phi) is 4.55. The Morgan fingerprint density at radius 1 is 1.50 bits per heavy atom. The van der Waals surface area contributed by atoms with E-state index in [4.69, 9.17) is 15.6 Å². The summed E-state index contributed by atoms with van der Waals surface area (Å²) in [6.07, 6.45) is 0.734. The highest BCUT2D eigenvalue weighted by Crippen LogP contribution is 2.37. The van der Waals surface area contributed by atoms with Gasteiger partial charge in [-0.25, -0.2) is 0 Å². The van der Waals surface area contributed by atoms with Crippen molar-refractivity contribution in [1.82, 2.24) is 0 Å². The highest BCUT2D eigenvalue weighted by molar-refractivity contribution is 5.68. The summed E-state index contributed by atoms with van der Waals surface area (Å²) in [6.45, 7) is 6.01. The molecule has 4 nitrogen and oxygen atoms in total. The van der Waals surface area contributed by atoms with Crippen molar-refractivity contribution in [2.24, 2.45) is 11.1 Å². The zero-order valence-electron chi connectivity index (χ0n) is 9.46. The molecular formula is C10H21NO3. The average molecular weight is 203 g/mol. The molecule has 0 amide bonds. The Bertz CT molecular complexity index is 198. The molecular weight excluding hydrogens is 182 g/mol. The van der Waals surface area contributed by atoms with Gasteiger partial charge in [0, 0.05) is 18.1 Å². The Labute approximate surface area is 85.4 Å². The van der Waals surface area contributed by atoms with Crippen LogP contribution in [-0.4, -0.2) is 30.3 Å². The summed E-state index contributed by atoms with van der Waals surface area (Å²) in [6, 6.07) is 0. The van der Waals surface area contributed by atoms with Gasteiger partial charge in [0.2, 0.25) is 0 Å². The first-order valence-electron chi connectivity index (χ1n) is 4.78. The summed E-state index contributed by atoms with van der Waals surface area (Å²) in [5, 5.41) is 8.86. The first kappa shape index (κ1) is 13.4. The molecule has 0 aromatic heterocycles. The molecule has 0 saturated carbocycles. The van der Waals surface area contributed by atoms with Crippen LogP contribution in [0.1, 0.15) is 33.6 Å². The fourth-order valence-corrected chi connectivity index (χ4v) is 1.71. The Balaban J connectivity index is 4.87. The van der Waals surface area contributed by atoms with Gasteiger partial charge in [-0.05, 0) is 20.3 Å². The van der Waals surface area contributed by atoms with Crippen LogP contribution in [0.15, 0.2) is 0 Å². The third-order valence-electron chi connectivity index (χ3n) is 2.95. The predicted molar refractivity (Wildman–Crippen MR) is 55.1 cm³/mol. The van der Waals surface area contributed by atoms with Gasteiger partial charge in [0.1, 0.15) is 0 Å². The predicted octanol–water partition coefficient (Wildman–Crippen LogP) is 1.24. The number of hydrogen-bond acceptors (Lipinski definition) is 3. The van der Waals surface area contributed by atoms with E-state index in [1.54, 1.807) is 7.11 Å². The summed E-state index contributed by atoms with van der Waals surface area (Å²) < 4.78 is 5.08. The van der Waals surface area contributed by atoms with E-state index >= 15 is 0 Å². The number of hydrogen-bond donors (Lipinski definition) is 2. The van der Waals surface area contributed by atoms with Gasteiger partial charge in [0.15, 0.2) is 0 Å². The van der Waals surface area contributed by atoms with Gasteiger partial charge < -0.3 is 15.6 Å². The SMILES string of the molecule is CCC(COC)(CC(=O)O)C(C)(C)N. The largest absolute Gasteiger partial charge is 0.481 e. The molecule has 1 atom stereocenters. The highest BCUT2D eigenvalue weighted by atomic mass is 16.5. The fraction of sp³-hybridized carbons (Fsp3) is 0.900. The zero-order chi connectivity index (χ0) is 11.4. The minimum Gasteiger partial charge on any atom is -0.481 e. The molecule has 0 radical (unpaired) electrons. The number of carboxylic acids is 1. The van der Waals surface area contributed by atoms with Crippen molar-refractivity contribution in [3.63, 3.8) is 0 Å². The third-order valence-corrected chi connectivity index (χ3v) is 2.95. The van der Waals surface area contributed by atoms with E-state index in [2.05, 4.69) is 0 Å². The number of rotatable bonds is 6. The minimum absolute atomic E-state index is 0.0425. The molecule has 0 heterocycles. The Hall–Kier alpha value is -0.610. The molecule has 0 aliphatic carbocycles. The molecule has 0 spiro atoms. The average Bonchev–Trinajstić information content (AvgIpc) is 2.00. The Morgan fingerprint density at radius 3 is 2.21 bits per heavy atom. The second kappa shape index (κ2) is 4.75. The maximum Gasteiger partial charge on any atom is 0.304 e. The summed E-state index contributed by atoms with van der Waals surface area (Å²) in [5.74, 6) is -0.831. The van der Waals surface area contributed by atoms with Gasteiger partial charge in [-0.15, -0.1) is 0 Å². The summed E-state index contributed by atoms with van der Waals surface area (Å²) in [5.41, 5.74) is 4.96. The topological polar surface area (TPSA) is 72.5 Å². The van der Waals surface area contributed by atoms with Gasteiger partial charge in [0.05, 0.1) is 13.0 Å². The molecule has 0 rings (SSSR count). The number of ether oxygens (including phenoxy) is 1. The van der Waals surface area contributed by atoms with Crippen LogP contribution in [-0.2, 0) is 9.53 Å². The van der Waals surface area contributed by atoms with E-state index in [-0.39, 0.29) is 6.42 Å². The molecule has 0 aromatic rings. The maximum absolute atomic E-state index is 10.8. The lowest BCUT2D eigenvalue weighted by Crippen LogP contribution is -2.54. The second-order valence-corrected chi connectivity index (χ2v) is 4.36. The molecule has 3 N–H and O–H groups in total. The molecule has 0 aliphatic rings. The van der Waals surface area contributed by atoms with Crippen LogP contribution in [0.5, 0.6) is 0 Å². The van der Waals surface area contributed by atoms with E-state index in [0.29, 0.717) is 13.0 Å². The standard InChI is InChI=1S/C10H21NO3/c1-5-10(7-14-4,6-8(12)13)9(2,3)11/h5-7,11H2,1-4H3,(H,12,13). The van der Waals surface area contributed by atoms with Crippen LogP contribution in [0.2, 0.25) is 0 Å². The number of carboxylic acid groups (broad SMARTS) is 1. The van der Waals surface area contributed by atoms with E-state index in [1.807, 2.05) is 20.8 Å². The van der Waals surface area contributed by atoms with Crippen molar-refractivity contribution in [3.05, 3.63) is 0 Å². The van der Waals surface area contributed by atoms with Gasteiger partial charge >= 0.3 is 5.97 Å². The van der Waals surface area contributed by atoms with Crippen LogP contribution in [0.3, 0.4) is 0 Å². The lowest BCUT2D eigenvalue weighted by Gasteiger charge is -2.42. The van der Waals surface area contributed by atoms with E-state index in [0.717, 1.165) is 0 Å². The first-order chi connectivity index (χ1) is 6.29. The lowest BCUT2D eigenvalue weighted by atomic mass is 9.68. The Morgan fingerprint density at radius 2 is 2.00 bits per heavy atom. The molecule has 0 fully saturated rings. The molecule has 0 bridgehead atoms. The van der Waals surface area contributed by atoms with Crippen LogP contribution in [0.4, 0.5) is 0 Å². The molecule has 4 heteroatoms. The lowest BCUT2D eigenvalue weighted by molar-refractivity contribution is -0.142. The third kappa shape index (κ3) is 2.96. The van der Waals surface area contributed by atoms with Crippen molar-refractivity contribution in [1.29, 1.82) is 0 Å². The summed E-state index contributed by atoms with van der Waals surface area (Å²) >= 11 is 0. The van der Waals surface area contributed by atoms with Crippen LogP contribution >= 0.6 is 0 Å². The molecule has 84 valence electrons. The monoisotopic (exact) mass is 203 g/mol. The van der Waals surface area contributed by atoms with Gasteiger partial charge in [-0.1, -0.05) is 6.92 Å². The normalized spacial score (nSPS) is 16.4. The first-order valence-corrected chi connectivity index (χ1v) is 4.78. The van der Waals surface area contributed by atoms with Gasteiger partial charge in [0.25, 0.3) is 0 Å². The van der Waals surface area contributed by atoms with Crippen molar-refractivity contribution in [2.75, 3.05) is 13.7 Å². The van der Waals surface area contributed by atoms with Crippen molar-refractivity contribution < 1.29 is 14.6 Å². The zero-order valence-corrected chi connectivity index (χ0v) is 9.46. The minimum atomic E-state index is -0.831. The summed E-state index contributed by atoms with van der Waals surface area (Å²) in [7, 11) is 1.57. The van der Waals surface area contributed by atoms with Crippen LogP contribution in [0.25, 0.3) is 0 Å². The number of nitrogens with two attached hydrogens (primary N) is 1. The number of aliphatic carboxylic acids is 1. The molecule has 0 aliphatic heterocycles. The van der Waals surface area contributed by atoms with Crippen molar-refractivity contribution in [3.8, 4) is 0 Å². The quantitative estimate of drug-likeness (QED) is 0.681. The summed E-state index contributed by atoms with van der Waals surface area (Å²) in [4.78, 5) is 10.8. The molecule has 1 unspecified atom stereocenters.